The Hall–Kier alpha value is -2.57. The third kappa shape index (κ3) is 6.55. The van der Waals surface area contributed by atoms with Crippen LogP contribution in [0.25, 0.3) is 0 Å². The molecule has 1 saturated heterocycles. The van der Waals surface area contributed by atoms with Crippen molar-refractivity contribution < 1.29 is 23.9 Å². The van der Waals surface area contributed by atoms with Gasteiger partial charge >= 0.3 is 12.1 Å². The molecule has 0 saturated carbocycles. The minimum Gasteiger partial charge on any atom is -0.452 e. The number of hydrogen-bond acceptors (Lipinski definition) is 5. The quantitative estimate of drug-likeness (QED) is 0.769. The number of carbonyl (C=O) groups excluding carboxylic acids is 3. The fourth-order valence-corrected chi connectivity index (χ4v) is 3.19. The summed E-state index contributed by atoms with van der Waals surface area (Å²) in [7, 11) is 0. The zero-order valence-corrected chi connectivity index (χ0v) is 17.1. The number of amides is 2. The number of likely N-dealkylation sites (tertiary alicyclic amines) is 1. The average Bonchev–Trinajstić information content (AvgIpc) is 2.64. The molecule has 0 aliphatic carbocycles. The lowest BCUT2D eigenvalue weighted by Crippen LogP contribution is -2.45. The lowest BCUT2D eigenvalue weighted by Gasteiger charge is -2.35. The van der Waals surface area contributed by atoms with Gasteiger partial charge < -0.3 is 14.4 Å². The van der Waals surface area contributed by atoms with Crippen molar-refractivity contribution in [1.82, 2.24) is 4.90 Å². The number of carbonyl (C=O) groups is 3. The van der Waals surface area contributed by atoms with Gasteiger partial charge in [-0.05, 0) is 64.7 Å². The molecule has 1 aromatic rings. The van der Waals surface area contributed by atoms with Crippen molar-refractivity contribution in [3.05, 3.63) is 29.8 Å². The van der Waals surface area contributed by atoms with Gasteiger partial charge in [0, 0.05) is 18.3 Å². The van der Waals surface area contributed by atoms with Crippen LogP contribution in [0.5, 0.6) is 0 Å². The number of benzene rings is 1. The smallest absolute Gasteiger partial charge is 0.412 e. The summed E-state index contributed by atoms with van der Waals surface area (Å²) in [5, 5.41) is 2.58. The third-order valence-electron chi connectivity index (χ3n) is 4.49. The molecule has 1 unspecified atom stereocenters. The van der Waals surface area contributed by atoms with Gasteiger partial charge in [-0.2, -0.15) is 0 Å². The first kappa shape index (κ1) is 21.7. The van der Waals surface area contributed by atoms with E-state index in [1.807, 2.05) is 4.90 Å². The van der Waals surface area contributed by atoms with E-state index in [-0.39, 0.29) is 24.1 Å². The number of anilines is 1. The predicted octanol–water partition coefficient (Wildman–Crippen LogP) is 3.98. The molecule has 2 amide bonds. The van der Waals surface area contributed by atoms with E-state index in [9.17, 15) is 14.4 Å². The zero-order chi connectivity index (χ0) is 20.7. The summed E-state index contributed by atoms with van der Waals surface area (Å²) in [6.07, 6.45) is 3.39. The molecular formula is C21H30N2O5. The minimum absolute atomic E-state index is 0.164. The highest BCUT2D eigenvalue weighted by molar-refractivity contribution is 5.93. The molecule has 7 heteroatoms. The molecule has 0 bridgehead atoms. The summed E-state index contributed by atoms with van der Waals surface area (Å²) in [5.74, 6) is -0.769. The molecule has 1 aliphatic rings. The molecule has 7 nitrogen and oxygen atoms in total. The van der Waals surface area contributed by atoms with Gasteiger partial charge in [0.1, 0.15) is 5.60 Å². The van der Waals surface area contributed by atoms with E-state index in [1.54, 1.807) is 39.0 Å². The van der Waals surface area contributed by atoms with Gasteiger partial charge in [0.05, 0.1) is 5.56 Å². The van der Waals surface area contributed by atoms with Crippen LogP contribution in [-0.2, 0) is 14.3 Å². The van der Waals surface area contributed by atoms with Crippen LogP contribution in [0.15, 0.2) is 24.3 Å². The Morgan fingerprint density at radius 1 is 1.21 bits per heavy atom. The van der Waals surface area contributed by atoms with Crippen molar-refractivity contribution in [3.63, 3.8) is 0 Å². The maximum absolute atomic E-state index is 12.4. The molecule has 154 valence electrons. The van der Waals surface area contributed by atoms with Crippen molar-refractivity contribution in [2.75, 3.05) is 18.5 Å². The number of rotatable bonds is 5. The van der Waals surface area contributed by atoms with Gasteiger partial charge in [0.25, 0.3) is 5.91 Å². The normalized spacial score (nSPS) is 17.0. The molecule has 0 aromatic heterocycles. The first-order chi connectivity index (χ1) is 13.2. The van der Waals surface area contributed by atoms with Crippen LogP contribution >= 0.6 is 0 Å². The zero-order valence-electron chi connectivity index (χ0n) is 17.1. The summed E-state index contributed by atoms with van der Waals surface area (Å²) in [6, 6.07) is 6.56. The molecular weight excluding hydrogens is 360 g/mol. The monoisotopic (exact) mass is 390 g/mol. The standard InChI is InChI=1S/C21H30N2O5/c1-5-17-11-6-7-12-23(17)18(24)14-27-19(25)15-9-8-10-16(13-15)22-20(26)28-21(2,3)4/h8-10,13,17H,5-7,11-12,14H2,1-4H3,(H,22,26). The summed E-state index contributed by atoms with van der Waals surface area (Å²) < 4.78 is 10.4. The average molecular weight is 390 g/mol. The van der Waals surface area contributed by atoms with E-state index >= 15 is 0 Å². The Kier molecular flexibility index (Phi) is 7.43. The fraction of sp³-hybridized carbons (Fsp3) is 0.571. The van der Waals surface area contributed by atoms with E-state index in [0.29, 0.717) is 12.2 Å². The van der Waals surface area contributed by atoms with Crippen molar-refractivity contribution in [2.24, 2.45) is 0 Å². The molecule has 0 radical (unpaired) electrons. The molecule has 2 rings (SSSR count). The van der Waals surface area contributed by atoms with Gasteiger partial charge in [-0.15, -0.1) is 0 Å². The minimum atomic E-state index is -0.619. The summed E-state index contributed by atoms with van der Waals surface area (Å²) in [4.78, 5) is 38.4. The topological polar surface area (TPSA) is 84.9 Å². The molecule has 0 spiro atoms. The Morgan fingerprint density at radius 2 is 1.96 bits per heavy atom. The highest BCUT2D eigenvalue weighted by Gasteiger charge is 2.26. The van der Waals surface area contributed by atoms with E-state index in [1.165, 1.54) is 6.07 Å². The number of nitrogens with one attached hydrogen (secondary N) is 1. The second kappa shape index (κ2) is 9.57. The Labute approximate surface area is 166 Å². The second-order valence-corrected chi connectivity index (χ2v) is 7.93. The highest BCUT2D eigenvalue weighted by atomic mass is 16.6. The van der Waals surface area contributed by atoms with Gasteiger partial charge in [-0.3, -0.25) is 10.1 Å². The molecule has 1 N–H and O–H groups in total. The summed E-state index contributed by atoms with van der Waals surface area (Å²) in [5.41, 5.74) is 0.0512. The Balaban J connectivity index is 1.92. The Bertz CT molecular complexity index is 711. The van der Waals surface area contributed by atoms with Crippen LogP contribution in [0.1, 0.15) is 63.7 Å². The molecule has 28 heavy (non-hydrogen) atoms. The van der Waals surface area contributed by atoms with E-state index in [4.69, 9.17) is 9.47 Å². The van der Waals surface area contributed by atoms with Gasteiger partial charge in [-0.1, -0.05) is 13.0 Å². The lowest BCUT2D eigenvalue weighted by molar-refractivity contribution is -0.138. The predicted molar refractivity (Wildman–Crippen MR) is 106 cm³/mol. The number of nitrogens with zero attached hydrogens (tertiary/aromatic N) is 1. The van der Waals surface area contributed by atoms with Crippen molar-refractivity contribution in [1.29, 1.82) is 0 Å². The first-order valence-corrected chi connectivity index (χ1v) is 9.76. The van der Waals surface area contributed by atoms with E-state index in [0.717, 1.165) is 25.7 Å². The highest BCUT2D eigenvalue weighted by Crippen LogP contribution is 2.20. The number of ether oxygens (including phenoxy) is 2. The lowest BCUT2D eigenvalue weighted by atomic mass is 10.00. The number of hydrogen-bond donors (Lipinski definition) is 1. The molecule has 1 fully saturated rings. The van der Waals surface area contributed by atoms with Crippen LogP contribution in [-0.4, -0.2) is 47.7 Å². The summed E-state index contributed by atoms with van der Waals surface area (Å²) in [6.45, 7) is 7.79. The summed E-state index contributed by atoms with van der Waals surface area (Å²) >= 11 is 0. The van der Waals surface area contributed by atoms with Gasteiger partial charge in [0.2, 0.25) is 0 Å². The largest absolute Gasteiger partial charge is 0.452 e. The molecule has 1 aliphatic heterocycles. The van der Waals surface area contributed by atoms with Crippen LogP contribution < -0.4 is 5.32 Å². The van der Waals surface area contributed by atoms with Gasteiger partial charge in [-0.25, -0.2) is 9.59 Å². The van der Waals surface area contributed by atoms with Crippen LogP contribution in [0.3, 0.4) is 0 Å². The van der Waals surface area contributed by atoms with E-state index in [2.05, 4.69) is 12.2 Å². The molecule has 1 heterocycles. The van der Waals surface area contributed by atoms with E-state index < -0.39 is 17.7 Å². The van der Waals surface area contributed by atoms with Crippen LogP contribution in [0, 0.1) is 0 Å². The van der Waals surface area contributed by atoms with Crippen LogP contribution in [0.2, 0.25) is 0 Å². The fourth-order valence-electron chi connectivity index (χ4n) is 3.19. The maximum Gasteiger partial charge on any atom is 0.412 e. The first-order valence-electron chi connectivity index (χ1n) is 9.76. The number of esters is 1. The van der Waals surface area contributed by atoms with Crippen molar-refractivity contribution in [2.45, 2.75) is 65.0 Å². The van der Waals surface area contributed by atoms with Crippen LogP contribution in [0.4, 0.5) is 10.5 Å². The molecule has 1 aromatic carbocycles. The SMILES string of the molecule is CCC1CCCCN1C(=O)COC(=O)c1cccc(NC(=O)OC(C)(C)C)c1. The number of piperidine rings is 1. The van der Waals surface area contributed by atoms with Gasteiger partial charge in [0.15, 0.2) is 6.61 Å². The van der Waals surface area contributed by atoms with Crippen molar-refractivity contribution in [3.8, 4) is 0 Å². The third-order valence-corrected chi connectivity index (χ3v) is 4.49. The van der Waals surface area contributed by atoms with Crippen molar-refractivity contribution >= 4 is 23.7 Å². The second-order valence-electron chi connectivity index (χ2n) is 7.93. The Morgan fingerprint density at radius 3 is 2.64 bits per heavy atom. The maximum atomic E-state index is 12.4. The molecule has 1 atom stereocenters.